The molecule has 5 nitrogen and oxygen atoms in total. The zero-order valence-electron chi connectivity index (χ0n) is 14.7. The van der Waals surface area contributed by atoms with Crippen molar-refractivity contribution in [3.63, 3.8) is 0 Å². The molecule has 0 atom stereocenters. The summed E-state index contributed by atoms with van der Waals surface area (Å²) in [6, 6.07) is 14.7. The molecule has 0 bridgehead atoms. The first-order chi connectivity index (χ1) is 12.3. The van der Waals surface area contributed by atoms with Crippen molar-refractivity contribution in [1.29, 1.82) is 0 Å². The molecule has 26 heavy (non-hydrogen) atoms. The Morgan fingerprint density at radius 3 is 2.15 bits per heavy atom. The molecule has 138 valence electrons. The van der Waals surface area contributed by atoms with Crippen LogP contribution in [0.5, 0.6) is 0 Å². The molecule has 0 spiro atoms. The second kappa shape index (κ2) is 6.89. The first-order valence-electron chi connectivity index (χ1n) is 8.49. The molecule has 3 aromatic rings. The second-order valence-corrected chi connectivity index (χ2v) is 10.2. The van der Waals surface area contributed by atoms with Gasteiger partial charge in [-0.1, -0.05) is 38.5 Å². The highest BCUT2D eigenvalue weighted by Gasteiger charge is 2.23. The number of hydrogen-bond donors (Lipinski definition) is 0. The van der Waals surface area contributed by atoms with Crippen molar-refractivity contribution in [3.05, 3.63) is 60.3 Å². The summed E-state index contributed by atoms with van der Waals surface area (Å²) >= 11 is 0. The van der Waals surface area contributed by atoms with Gasteiger partial charge < -0.3 is 0 Å². The Labute approximate surface area is 154 Å². The monoisotopic (exact) mass is 391 g/mol. The van der Waals surface area contributed by atoms with Crippen LogP contribution in [0.3, 0.4) is 0 Å². The van der Waals surface area contributed by atoms with E-state index in [-0.39, 0.29) is 15.5 Å². The lowest BCUT2D eigenvalue weighted by atomic mass is 10.2. The Hall–Kier alpha value is -2.12. The molecule has 0 aliphatic heterocycles. The van der Waals surface area contributed by atoms with E-state index in [4.69, 9.17) is 0 Å². The summed E-state index contributed by atoms with van der Waals surface area (Å²) in [7, 11) is -7.11. The van der Waals surface area contributed by atoms with Gasteiger partial charge in [0.15, 0.2) is 9.84 Å². The molecule has 2 aromatic carbocycles. The van der Waals surface area contributed by atoms with E-state index >= 15 is 0 Å². The molecule has 0 amide bonds. The normalized spacial score (nSPS) is 12.5. The van der Waals surface area contributed by atoms with Gasteiger partial charge in [0.2, 0.25) is 0 Å². The van der Waals surface area contributed by atoms with Crippen molar-refractivity contribution in [3.8, 4) is 0 Å². The van der Waals surface area contributed by atoms with Gasteiger partial charge in [-0.2, -0.15) is 0 Å². The maximum absolute atomic E-state index is 13.2. The molecule has 1 heterocycles. The summed E-state index contributed by atoms with van der Waals surface area (Å²) in [6.45, 7) is 3.57. The molecule has 3 rings (SSSR count). The fraction of sp³-hybridized carbons (Fsp3) is 0.263. The minimum absolute atomic E-state index is 0.00332. The molecule has 0 fully saturated rings. The summed E-state index contributed by atoms with van der Waals surface area (Å²) in [5.74, 6) is 0.00332. The van der Waals surface area contributed by atoms with Gasteiger partial charge in [-0.25, -0.2) is 20.8 Å². The van der Waals surface area contributed by atoms with Gasteiger partial charge in [0, 0.05) is 11.1 Å². The minimum Gasteiger partial charge on any atom is -0.238 e. The van der Waals surface area contributed by atoms with Crippen LogP contribution < -0.4 is 0 Å². The second-order valence-electron chi connectivity index (χ2n) is 6.09. The average molecular weight is 392 g/mol. The van der Waals surface area contributed by atoms with Crippen LogP contribution in [0, 0.1) is 0 Å². The Bertz CT molecular complexity index is 1140. The van der Waals surface area contributed by atoms with Crippen LogP contribution in [0.25, 0.3) is 10.9 Å². The lowest BCUT2D eigenvalue weighted by molar-refractivity contribution is 0.586. The largest absolute Gasteiger partial charge is 0.268 e. The molecule has 7 heteroatoms. The van der Waals surface area contributed by atoms with Crippen LogP contribution in [-0.2, 0) is 26.3 Å². The first kappa shape index (κ1) is 18.7. The van der Waals surface area contributed by atoms with Crippen LogP contribution in [0.1, 0.15) is 26.0 Å². The number of fused-ring (bicyclic) bond motifs is 1. The Kier molecular flexibility index (Phi) is 4.94. The number of sulfone groups is 1. The molecule has 0 saturated carbocycles. The average Bonchev–Trinajstić information content (AvgIpc) is 3.00. The maximum atomic E-state index is 13.2. The SMILES string of the molecule is CCCc1cc2cc(S(=O)(=O)CC)ccc2n1S(=O)(=O)c1ccccc1. The topological polar surface area (TPSA) is 73.2 Å². The summed E-state index contributed by atoms with van der Waals surface area (Å²) in [5, 5.41) is 0.613. The number of aromatic nitrogens is 1. The number of benzene rings is 2. The van der Waals surface area contributed by atoms with Crippen LogP contribution in [0.4, 0.5) is 0 Å². The first-order valence-corrected chi connectivity index (χ1v) is 11.6. The molecule has 0 N–H and O–H groups in total. The van der Waals surface area contributed by atoms with Crippen LogP contribution in [0.15, 0.2) is 64.4 Å². The van der Waals surface area contributed by atoms with Gasteiger partial charge in [-0.3, -0.25) is 0 Å². The van der Waals surface area contributed by atoms with Gasteiger partial charge in [0.05, 0.1) is 21.1 Å². The van der Waals surface area contributed by atoms with E-state index in [2.05, 4.69) is 0 Å². The molecule has 0 aliphatic carbocycles. The quantitative estimate of drug-likeness (QED) is 0.643. The van der Waals surface area contributed by atoms with Crippen LogP contribution in [-0.4, -0.2) is 26.6 Å². The summed E-state index contributed by atoms with van der Waals surface area (Å²) in [4.78, 5) is 0.421. The van der Waals surface area contributed by atoms with Crippen molar-refractivity contribution in [2.24, 2.45) is 0 Å². The minimum atomic E-state index is -3.76. The van der Waals surface area contributed by atoms with Gasteiger partial charge >= 0.3 is 0 Å². The van der Waals surface area contributed by atoms with E-state index in [9.17, 15) is 16.8 Å². The highest BCUT2D eigenvalue weighted by molar-refractivity contribution is 7.91. The van der Waals surface area contributed by atoms with Crippen LogP contribution >= 0.6 is 0 Å². The van der Waals surface area contributed by atoms with Gasteiger partial charge in [-0.15, -0.1) is 0 Å². The highest BCUT2D eigenvalue weighted by atomic mass is 32.2. The zero-order valence-corrected chi connectivity index (χ0v) is 16.3. The highest BCUT2D eigenvalue weighted by Crippen LogP contribution is 2.28. The Balaban J connectivity index is 2.29. The lowest BCUT2D eigenvalue weighted by Crippen LogP contribution is -2.15. The molecule has 0 unspecified atom stereocenters. The number of rotatable bonds is 6. The summed E-state index contributed by atoms with van der Waals surface area (Å²) in [6.07, 6.45) is 1.36. The number of aryl methyl sites for hydroxylation is 1. The van der Waals surface area contributed by atoms with Gasteiger partial charge in [-0.05, 0) is 42.8 Å². The van der Waals surface area contributed by atoms with Gasteiger partial charge in [0.25, 0.3) is 10.0 Å². The van der Waals surface area contributed by atoms with E-state index in [1.165, 1.54) is 10.0 Å². The number of nitrogens with zero attached hydrogens (tertiary/aromatic N) is 1. The molecule has 0 aliphatic rings. The molecule has 0 radical (unpaired) electrons. The third-order valence-electron chi connectivity index (χ3n) is 4.33. The maximum Gasteiger partial charge on any atom is 0.268 e. The summed E-state index contributed by atoms with van der Waals surface area (Å²) in [5.41, 5.74) is 1.14. The molecule has 1 aromatic heterocycles. The van der Waals surface area contributed by atoms with E-state index in [1.807, 2.05) is 6.92 Å². The van der Waals surface area contributed by atoms with Crippen LogP contribution in [0.2, 0.25) is 0 Å². The third kappa shape index (κ3) is 3.17. The predicted molar refractivity (Wildman–Crippen MR) is 103 cm³/mol. The van der Waals surface area contributed by atoms with E-state index < -0.39 is 19.9 Å². The van der Waals surface area contributed by atoms with Crippen molar-refractivity contribution in [1.82, 2.24) is 3.97 Å². The smallest absolute Gasteiger partial charge is 0.238 e. The number of hydrogen-bond acceptors (Lipinski definition) is 4. The van der Waals surface area contributed by atoms with Gasteiger partial charge in [0.1, 0.15) is 0 Å². The van der Waals surface area contributed by atoms with E-state index in [1.54, 1.807) is 55.5 Å². The fourth-order valence-corrected chi connectivity index (χ4v) is 5.50. The molecular formula is C19H21NO4S2. The van der Waals surface area contributed by atoms with Crippen molar-refractivity contribution >= 4 is 30.8 Å². The zero-order chi connectivity index (χ0) is 18.9. The molecule has 0 saturated heterocycles. The standard InChI is InChI=1S/C19H21NO4S2/c1-3-8-16-13-15-14-18(25(21,22)4-2)11-12-19(15)20(16)26(23,24)17-9-6-5-7-10-17/h5-7,9-14H,3-4,8H2,1-2H3. The Morgan fingerprint density at radius 2 is 1.54 bits per heavy atom. The van der Waals surface area contributed by atoms with Crippen molar-refractivity contribution < 1.29 is 16.8 Å². The Morgan fingerprint density at radius 1 is 0.846 bits per heavy atom. The molecular weight excluding hydrogens is 370 g/mol. The fourth-order valence-electron chi connectivity index (χ4n) is 3.00. The van der Waals surface area contributed by atoms with E-state index in [0.717, 1.165) is 6.42 Å². The van der Waals surface area contributed by atoms with Crippen molar-refractivity contribution in [2.75, 3.05) is 5.75 Å². The third-order valence-corrected chi connectivity index (χ3v) is 7.84. The van der Waals surface area contributed by atoms with Crippen molar-refractivity contribution in [2.45, 2.75) is 36.5 Å². The lowest BCUT2D eigenvalue weighted by Gasteiger charge is -2.12. The summed E-state index contributed by atoms with van der Waals surface area (Å²) < 4.78 is 52.0. The predicted octanol–water partition coefficient (Wildman–Crippen LogP) is 3.62. The van der Waals surface area contributed by atoms with E-state index in [0.29, 0.717) is 23.0 Å².